The van der Waals surface area contributed by atoms with E-state index in [9.17, 15) is 4.80 Å². The van der Waals surface area contributed by atoms with E-state index in [2.05, 4.69) is 5.73 Å². The molecule has 0 fully saturated rings. The largest absolute Gasteiger partial charge is 0.859 e. The maximum absolute atomic E-state index is 10.2. The third-order valence-corrected chi connectivity index (χ3v) is 0. The van der Waals surface area contributed by atoms with Gasteiger partial charge in [-0.05, 0) is 0 Å². The fourth-order valence-corrected chi connectivity index (χ4v) is 0. The Kier molecular flexibility index (Phi) is 6.26. The van der Waals surface area contributed by atoms with E-state index in [0.717, 1.165) is 0 Å². The minimum absolute atomic E-state index is 1.75. The van der Waals surface area contributed by atoms with Crippen molar-refractivity contribution in [1.82, 2.24) is 0 Å². The van der Waals surface area contributed by atoms with Gasteiger partial charge < -0.3 is 10.5 Å². The zero-order chi connectivity index (χ0) is 6.50. The van der Waals surface area contributed by atoms with Crippen LogP contribution in [0.25, 0.3) is 0 Å². The van der Waals surface area contributed by atoms with Gasteiger partial charge in [0, 0.05) is 0 Å². The molecule has 0 saturated heterocycles. The van der Waals surface area contributed by atoms with Gasteiger partial charge in [0.1, 0.15) is 0 Å². The Morgan fingerprint density at radius 1 is 1.14 bits per heavy atom. The first-order valence-electron chi connectivity index (χ1n) is 2.41. The van der Waals surface area contributed by atoms with Crippen LogP contribution in [-0.4, -0.2) is 15.4 Å². The standard InChI is InChI=1S/C3H9OSi.CH5N/c1-5(2,3)4;1-2/h1-3H3;2H2,1H3/q-1;/p+1. The summed E-state index contributed by atoms with van der Waals surface area (Å²) in [5, 5.41) is 0. The first-order valence-corrected chi connectivity index (χ1v) is 5.82. The minimum atomic E-state index is -1.86. The third-order valence-electron chi connectivity index (χ3n) is 0. The van der Waals surface area contributed by atoms with Crippen LogP contribution >= 0.6 is 0 Å². The summed E-state index contributed by atoms with van der Waals surface area (Å²) in [5.74, 6) is 0. The summed E-state index contributed by atoms with van der Waals surface area (Å²) >= 11 is 0. The van der Waals surface area contributed by atoms with E-state index in [4.69, 9.17) is 0 Å². The molecule has 3 N–H and O–H groups in total. The summed E-state index contributed by atoms with van der Waals surface area (Å²) in [6.07, 6.45) is 0. The van der Waals surface area contributed by atoms with Crippen LogP contribution < -0.4 is 10.5 Å². The summed E-state index contributed by atoms with van der Waals surface area (Å²) in [6, 6.07) is 0. The van der Waals surface area contributed by atoms with Crippen molar-refractivity contribution in [2.24, 2.45) is 0 Å². The van der Waals surface area contributed by atoms with E-state index in [1.54, 1.807) is 26.7 Å². The third kappa shape index (κ3) is 5610. The van der Waals surface area contributed by atoms with Crippen LogP contribution in [-0.2, 0) is 0 Å². The molecule has 0 aromatic rings. The summed E-state index contributed by atoms with van der Waals surface area (Å²) in [7, 11) is -0.111. The quantitative estimate of drug-likeness (QED) is 0.412. The van der Waals surface area contributed by atoms with E-state index < -0.39 is 8.32 Å². The molecule has 0 heterocycles. The molecular weight excluding hydrogens is 106 g/mol. The lowest BCUT2D eigenvalue weighted by Crippen LogP contribution is -2.40. The second kappa shape index (κ2) is 4.30. The van der Waals surface area contributed by atoms with Crippen LogP contribution in [0.4, 0.5) is 0 Å². The van der Waals surface area contributed by atoms with Gasteiger partial charge in [0.15, 0.2) is 0 Å². The van der Waals surface area contributed by atoms with Gasteiger partial charge in [-0.3, -0.25) is 0 Å². The van der Waals surface area contributed by atoms with Gasteiger partial charge in [0.2, 0.25) is 0 Å². The van der Waals surface area contributed by atoms with Crippen molar-refractivity contribution in [2.45, 2.75) is 19.6 Å². The molecule has 0 amide bonds. The summed E-state index contributed by atoms with van der Waals surface area (Å²) in [6.45, 7) is 5.31. The highest BCUT2D eigenvalue weighted by atomic mass is 28.4. The number of hydrogen-bond donors (Lipinski definition) is 1. The van der Waals surface area contributed by atoms with Crippen molar-refractivity contribution in [3.63, 3.8) is 0 Å². The van der Waals surface area contributed by atoms with Gasteiger partial charge in [-0.15, -0.1) is 0 Å². The molecule has 0 saturated carbocycles. The smallest absolute Gasteiger partial charge is 0.0634 e. The van der Waals surface area contributed by atoms with E-state index in [1.165, 1.54) is 0 Å². The second-order valence-electron chi connectivity index (χ2n) is 2.11. The van der Waals surface area contributed by atoms with Crippen LogP contribution in [0.2, 0.25) is 19.6 Å². The Morgan fingerprint density at radius 3 is 1.14 bits per heavy atom. The monoisotopic (exact) mass is 121 g/mol. The molecule has 3 heteroatoms. The molecule has 0 aromatic carbocycles. The van der Waals surface area contributed by atoms with Crippen LogP contribution in [0.15, 0.2) is 0 Å². The summed E-state index contributed by atoms with van der Waals surface area (Å²) in [5.41, 5.74) is 3.25. The molecule has 0 atom stereocenters. The molecule has 0 radical (unpaired) electrons. The van der Waals surface area contributed by atoms with Crippen LogP contribution in [0, 0.1) is 0 Å². The second-order valence-corrected chi connectivity index (χ2v) is 6.34. The molecule has 0 aliphatic heterocycles. The van der Waals surface area contributed by atoms with Crippen molar-refractivity contribution in [3.8, 4) is 0 Å². The average Bonchev–Trinajstić information content (AvgIpc) is 1.36. The Labute approximate surface area is 46.5 Å². The van der Waals surface area contributed by atoms with E-state index in [0.29, 0.717) is 0 Å². The summed E-state index contributed by atoms with van der Waals surface area (Å²) in [4.78, 5) is 10.2. The zero-order valence-electron chi connectivity index (χ0n) is 5.62. The SMILES string of the molecule is C[NH3+].C[Si](C)(C)[O-]. The van der Waals surface area contributed by atoms with Gasteiger partial charge in [-0.1, -0.05) is 28.0 Å². The molecule has 0 aliphatic rings. The lowest BCUT2D eigenvalue weighted by atomic mass is 11.6. The van der Waals surface area contributed by atoms with Crippen LogP contribution in [0.5, 0.6) is 0 Å². The van der Waals surface area contributed by atoms with E-state index >= 15 is 0 Å². The fourth-order valence-electron chi connectivity index (χ4n) is 0. The molecular formula is C4H15NOSi. The molecule has 46 valence electrons. The number of rotatable bonds is 0. The zero-order valence-corrected chi connectivity index (χ0v) is 6.62. The predicted molar refractivity (Wildman–Crippen MR) is 32.2 cm³/mol. The molecule has 0 rings (SSSR count). The molecule has 0 spiro atoms. The number of quaternary nitrogens is 1. The van der Waals surface area contributed by atoms with E-state index in [-0.39, 0.29) is 0 Å². The van der Waals surface area contributed by atoms with Crippen LogP contribution in [0.1, 0.15) is 0 Å². The molecule has 0 aliphatic carbocycles. The van der Waals surface area contributed by atoms with Crippen molar-refractivity contribution >= 4 is 8.32 Å². The Hall–Kier alpha value is 0.137. The topological polar surface area (TPSA) is 50.7 Å². The Balaban J connectivity index is 0. The van der Waals surface area contributed by atoms with Gasteiger partial charge in [-0.2, -0.15) is 0 Å². The lowest BCUT2D eigenvalue weighted by Gasteiger charge is -2.21. The van der Waals surface area contributed by atoms with Gasteiger partial charge >= 0.3 is 0 Å². The maximum atomic E-state index is 10.2. The van der Waals surface area contributed by atoms with Crippen molar-refractivity contribution in [1.29, 1.82) is 0 Å². The normalized spacial score (nSPS) is 9.43. The first-order chi connectivity index (χ1) is 3.00. The molecule has 0 unspecified atom stereocenters. The maximum Gasteiger partial charge on any atom is 0.0634 e. The van der Waals surface area contributed by atoms with E-state index in [1.807, 2.05) is 0 Å². The molecule has 0 aromatic heterocycles. The highest BCUT2D eigenvalue weighted by Crippen LogP contribution is 1.82. The Morgan fingerprint density at radius 2 is 1.14 bits per heavy atom. The van der Waals surface area contributed by atoms with Gasteiger partial charge in [0.05, 0.1) is 7.05 Å². The number of hydrogen-bond acceptors (Lipinski definition) is 1. The van der Waals surface area contributed by atoms with Crippen molar-refractivity contribution in [3.05, 3.63) is 0 Å². The Bertz CT molecular complexity index is 27.2. The van der Waals surface area contributed by atoms with Crippen molar-refractivity contribution in [2.75, 3.05) is 7.05 Å². The average molecular weight is 121 g/mol. The lowest BCUT2D eigenvalue weighted by molar-refractivity contribution is -0.325. The van der Waals surface area contributed by atoms with Crippen molar-refractivity contribution < 1.29 is 10.5 Å². The minimum Gasteiger partial charge on any atom is -0.859 e. The molecule has 2 nitrogen and oxygen atoms in total. The summed E-state index contributed by atoms with van der Waals surface area (Å²) < 4.78 is 0. The first kappa shape index (κ1) is 10.2. The molecule has 0 bridgehead atoms. The van der Waals surface area contributed by atoms with Gasteiger partial charge in [-0.25, -0.2) is 0 Å². The highest BCUT2D eigenvalue weighted by molar-refractivity contribution is 6.66. The highest BCUT2D eigenvalue weighted by Gasteiger charge is 1.86. The van der Waals surface area contributed by atoms with Gasteiger partial charge in [0.25, 0.3) is 0 Å². The fraction of sp³-hybridized carbons (Fsp3) is 1.00. The predicted octanol–water partition coefficient (Wildman–Crippen LogP) is -0.960. The van der Waals surface area contributed by atoms with Crippen LogP contribution in [0.3, 0.4) is 0 Å². The molecule has 7 heavy (non-hydrogen) atoms.